The molecule has 0 fully saturated rings. The number of hydrogen-bond donors (Lipinski definition) is 1. The third kappa shape index (κ3) is 4.32. The van der Waals surface area contributed by atoms with E-state index in [0.717, 1.165) is 0 Å². The molecule has 2 atom stereocenters. The van der Waals surface area contributed by atoms with Gasteiger partial charge in [0.1, 0.15) is 0 Å². The van der Waals surface area contributed by atoms with Gasteiger partial charge in [-0.05, 0) is 31.6 Å². The van der Waals surface area contributed by atoms with Crippen LogP contribution < -0.4 is 5.32 Å². The molecule has 1 N–H and O–H groups in total. The minimum Gasteiger partial charge on any atom is -0.353 e. The van der Waals surface area contributed by atoms with Gasteiger partial charge in [-0.15, -0.1) is 0 Å². The van der Waals surface area contributed by atoms with Crippen LogP contribution in [0.1, 0.15) is 33.6 Å². The molecule has 1 rings (SSSR count). The van der Waals surface area contributed by atoms with Gasteiger partial charge in [-0.1, -0.05) is 30.7 Å². The predicted molar refractivity (Wildman–Crippen MR) is 63.5 cm³/mol. The van der Waals surface area contributed by atoms with E-state index in [1.54, 1.807) is 6.92 Å². The number of amides is 1. The van der Waals surface area contributed by atoms with Gasteiger partial charge < -0.3 is 5.32 Å². The summed E-state index contributed by atoms with van der Waals surface area (Å²) in [6.07, 6.45) is 9.11. The first-order valence-electron chi connectivity index (χ1n) is 5.68. The Balaban J connectivity index is 2.36. The van der Waals surface area contributed by atoms with Gasteiger partial charge in [0.05, 0.1) is 0 Å². The van der Waals surface area contributed by atoms with Crippen molar-refractivity contribution in [1.82, 2.24) is 5.32 Å². The monoisotopic (exact) mass is 207 g/mol. The van der Waals surface area contributed by atoms with Gasteiger partial charge in [0.25, 0.3) is 0 Å². The summed E-state index contributed by atoms with van der Waals surface area (Å²) in [6, 6.07) is 0. The second kappa shape index (κ2) is 5.74. The highest BCUT2D eigenvalue weighted by molar-refractivity contribution is 5.72. The van der Waals surface area contributed by atoms with Crippen molar-refractivity contribution in [3.05, 3.63) is 23.8 Å². The van der Waals surface area contributed by atoms with Crippen LogP contribution in [0, 0.1) is 11.8 Å². The largest absolute Gasteiger partial charge is 0.353 e. The maximum Gasteiger partial charge on any atom is 0.217 e. The van der Waals surface area contributed by atoms with Crippen molar-refractivity contribution >= 4 is 5.91 Å². The molecule has 2 heteroatoms. The Morgan fingerprint density at radius 1 is 1.67 bits per heavy atom. The van der Waals surface area contributed by atoms with Crippen molar-refractivity contribution < 1.29 is 4.79 Å². The van der Waals surface area contributed by atoms with Crippen molar-refractivity contribution in [1.29, 1.82) is 0 Å². The van der Waals surface area contributed by atoms with E-state index in [2.05, 4.69) is 37.4 Å². The molecule has 1 amide bonds. The lowest BCUT2D eigenvalue weighted by atomic mass is 9.82. The molecule has 84 valence electrons. The summed E-state index contributed by atoms with van der Waals surface area (Å²) >= 11 is 0. The van der Waals surface area contributed by atoms with Crippen LogP contribution in [0.3, 0.4) is 0 Å². The zero-order chi connectivity index (χ0) is 11.3. The van der Waals surface area contributed by atoms with Crippen LogP contribution in [-0.2, 0) is 4.79 Å². The molecular weight excluding hydrogens is 186 g/mol. The average Bonchev–Trinajstić information content (AvgIpc) is 2.14. The number of rotatable bonds is 3. The van der Waals surface area contributed by atoms with E-state index < -0.39 is 0 Å². The molecule has 0 aromatic heterocycles. The molecular formula is C13H21NO. The zero-order valence-corrected chi connectivity index (χ0v) is 9.92. The highest BCUT2D eigenvalue weighted by Gasteiger charge is 2.16. The van der Waals surface area contributed by atoms with Crippen LogP contribution in [0.5, 0.6) is 0 Å². The minimum absolute atomic E-state index is 0.0343. The van der Waals surface area contributed by atoms with Gasteiger partial charge >= 0.3 is 0 Å². The fourth-order valence-corrected chi connectivity index (χ4v) is 2.03. The van der Waals surface area contributed by atoms with E-state index in [-0.39, 0.29) is 5.91 Å². The van der Waals surface area contributed by atoms with Gasteiger partial charge in [-0.2, -0.15) is 0 Å². The van der Waals surface area contributed by atoms with Gasteiger partial charge in [0.15, 0.2) is 0 Å². The first kappa shape index (κ1) is 12.0. The summed E-state index contributed by atoms with van der Waals surface area (Å²) in [4.78, 5) is 10.6. The smallest absolute Gasteiger partial charge is 0.217 e. The Hall–Kier alpha value is -1.05. The van der Waals surface area contributed by atoms with E-state index in [4.69, 9.17) is 0 Å². The zero-order valence-electron chi connectivity index (χ0n) is 9.92. The van der Waals surface area contributed by atoms with Crippen LogP contribution in [0.15, 0.2) is 23.8 Å². The van der Waals surface area contributed by atoms with Crippen LogP contribution in [0.25, 0.3) is 0 Å². The fourth-order valence-electron chi connectivity index (χ4n) is 2.03. The topological polar surface area (TPSA) is 29.1 Å². The average molecular weight is 207 g/mol. The molecule has 0 bridgehead atoms. The lowest BCUT2D eigenvalue weighted by molar-refractivity contribution is -0.118. The second-order valence-electron chi connectivity index (χ2n) is 4.44. The number of hydrogen-bond acceptors (Lipinski definition) is 1. The van der Waals surface area contributed by atoms with Crippen LogP contribution in [0.4, 0.5) is 0 Å². The molecule has 0 radical (unpaired) electrons. The SMILES string of the molecule is CC(=O)NC/C=C\C1CCC(C)=CC1C. The standard InChI is InChI=1S/C13H21NO/c1-10-6-7-13(11(2)9-10)5-4-8-14-12(3)15/h4-5,9,11,13H,6-8H2,1-3H3,(H,14,15)/b5-4-. The number of nitrogens with one attached hydrogen (secondary N) is 1. The van der Waals surface area contributed by atoms with Gasteiger partial charge in [-0.3, -0.25) is 4.79 Å². The normalized spacial score (nSPS) is 26.5. The van der Waals surface area contributed by atoms with Crippen molar-refractivity contribution in [2.45, 2.75) is 33.6 Å². The summed E-state index contributed by atoms with van der Waals surface area (Å²) < 4.78 is 0. The first-order valence-corrected chi connectivity index (χ1v) is 5.68. The molecule has 0 aromatic rings. The van der Waals surface area contributed by atoms with Crippen molar-refractivity contribution in [3.8, 4) is 0 Å². The van der Waals surface area contributed by atoms with Gasteiger partial charge in [0, 0.05) is 13.5 Å². The summed E-state index contributed by atoms with van der Waals surface area (Å²) in [5.74, 6) is 1.31. The summed E-state index contributed by atoms with van der Waals surface area (Å²) in [5.41, 5.74) is 1.51. The van der Waals surface area contributed by atoms with Crippen LogP contribution in [0.2, 0.25) is 0 Å². The van der Waals surface area contributed by atoms with E-state index >= 15 is 0 Å². The van der Waals surface area contributed by atoms with Crippen LogP contribution in [-0.4, -0.2) is 12.5 Å². The molecule has 0 saturated carbocycles. The van der Waals surface area contributed by atoms with Crippen molar-refractivity contribution in [2.75, 3.05) is 6.54 Å². The van der Waals surface area contributed by atoms with E-state index in [9.17, 15) is 4.79 Å². The van der Waals surface area contributed by atoms with Gasteiger partial charge in [0.2, 0.25) is 5.91 Å². The Morgan fingerprint density at radius 3 is 3.00 bits per heavy atom. The lowest BCUT2D eigenvalue weighted by Crippen LogP contribution is -2.20. The molecule has 0 aliphatic heterocycles. The summed E-state index contributed by atoms with van der Waals surface area (Å²) in [6.45, 7) is 6.66. The van der Waals surface area contributed by atoms with Gasteiger partial charge in [-0.25, -0.2) is 0 Å². The maximum atomic E-state index is 10.6. The summed E-state index contributed by atoms with van der Waals surface area (Å²) in [5, 5.41) is 2.77. The maximum absolute atomic E-state index is 10.6. The predicted octanol–water partition coefficient (Wildman–Crippen LogP) is 2.67. The van der Waals surface area contributed by atoms with Crippen molar-refractivity contribution in [2.24, 2.45) is 11.8 Å². The Kier molecular flexibility index (Phi) is 4.60. The molecule has 0 heterocycles. The number of allylic oxidation sites excluding steroid dienone is 3. The quantitative estimate of drug-likeness (QED) is 0.708. The second-order valence-corrected chi connectivity index (χ2v) is 4.44. The third-order valence-corrected chi connectivity index (χ3v) is 2.95. The van der Waals surface area contributed by atoms with Crippen LogP contribution >= 0.6 is 0 Å². The highest BCUT2D eigenvalue weighted by atomic mass is 16.1. The Bertz CT molecular complexity index is 278. The molecule has 0 spiro atoms. The van der Waals surface area contributed by atoms with E-state index in [0.29, 0.717) is 18.4 Å². The molecule has 15 heavy (non-hydrogen) atoms. The summed E-state index contributed by atoms with van der Waals surface area (Å²) in [7, 11) is 0. The molecule has 2 nitrogen and oxygen atoms in total. The molecule has 1 aliphatic carbocycles. The Labute approximate surface area is 92.4 Å². The molecule has 1 aliphatic rings. The molecule has 0 aromatic carbocycles. The minimum atomic E-state index is 0.0343. The fraction of sp³-hybridized carbons (Fsp3) is 0.615. The molecule has 2 unspecified atom stereocenters. The lowest BCUT2D eigenvalue weighted by Gasteiger charge is -2.24. The molecule has 0 saturated heterocycles. The number of carbonyl (C=O) groups excluding carboxylic acids is 1. The first-order chi connectivity index (χ1) is 7.09. The van der Waals surface area contributed by atoms with E-state index in [1.807, 2.05) is 0 Å². The highest BCUT2D eigenvalue weighted by Crippen LogP contribution is 2.28. The third-order valence-electron chi connectivity index (χ3n) is 2.95. The number of carbonyl (C=O) groups is 1. The van der Waals surface area contributed by atoms with E-state index in [1.165, 1.54) is 18.4 Å². The van der Waals surface area contributed by atoms with Crippen molar-refractivity contribution in [3.63, 3.8) is 0 Å². The Morgan fingerprint density at radius 2 is 2.40 bits per heavy atom.